The van der Waals surface area contributed by atoms with Gasteiger partial charge in [-0.1, -0.05) is 24.3 Å². The molecule has 0 heterocycles. The standard InChI is InChI=1S/C19H22N2O2/c1-13(11-20)12-21(3)19(22)14(2)15-5-6-17-10-18(23-4)8-7-16(17)9-15/h5-10,13-14H,12H2,1-4H3/t13-,14+/m1/s1. The maximum absolute atomic E-state index is 12.5. The number of benzene rings is 2. The van der Waals surface area contributed by atoms with Gasteiger partial charge in [-0.3, -0.25) is 4.79 Å². The first kappa shape index (κ1) is 16.8. The molecule has 0 spiro atoms. The second-order valence-electron chi connectivity index (χ2n) is 5.94. The predicted octanol–water partition coefficient (Wildman–Crippen LogP) is 3.57. The van der Waals surface area contributed by atoms with Gasteiger partial charge in [0, 0.05) is 13.6 Å². The Morgan fingerprint density at radius 2 is 1.87 bits per heavy atom. The summed E-state index contributed by atoms with van der Waals surface area (Å²) >= 11 is 0. The zero-order valence-corrected chi connectivity index (χ0v) is 14.0. The fraction of sp³-hybridized carbons (Fsp3) is 0.368. The quantitative estimate of drug-likeness (QED) is 0.848. The first-order valence-electron chi connectivity index (χ1n) is 7.68. The van der Waals surface area contributed by atoms with Crippen LogP contribution in [0.4, 0.5) is 0 Å². The van der Waals surface area contributed by atoms with E-state index in [1.165, 1.54) is 0 Å². The van der Waals surface area contributed by atoms with Crippen molar-refractivity contribution in [2.45, 2.75) is 19.8 Å². The fourth-order valence-electron chi connectivity index (χ4n) is 2.65. The summed E-state index contributed by atoms with van der Waals surface area (Å²) in [6.45, 7) is 4.17. The van der Waals surface area contributed by atoms with Gasteiger partial charge in [0.1, 0.15) is 5.75 Å². The lowest BCUT2D eigenvalue weighted by atomic mass is 9.96. The van der Waals surface area contributed by atoms with E-state index in [1.54, 1.807) is 19.1 Å². The van der Waals surface area contributed by atoms with Crippen molar-refractivity contribution in [3.8, 4) is 11.8 Å². The fourth-order valence-corrected chi connectivity index (χ4v) is 2.65. The summed E-state index contributed by atoms with van der Waals surface area (Å²) in [6.07, 6.45) is 0. The van der Waals surface area contributed by atoms with Crippen molar-refractivity contribution in [1.29, 1.82) is 5.26 Å². The molecule has 2 aromatic rings. The number of hydrogen-bond acceptors (Lipinski definition) is 3. The molecule has 2 aromatic carbocycles. The average Bonchev–Trinajstić information content (AvgIpc) is 2.59. The lowest BCUT2D eigenvalue weighted by Gasteiger charge is -2.22. The zero-order chi connectivity index (χ0) is 17.0. The SMILES string of the molecule is COc1ccc2cc([C@H](C)C(=O)N(C)C[C@H](C)C#N)ccc2c1. The summed E-state index contributed by atoms with van der Waals surface area (Å²) in [5.74, 6) is 0.442. The number of rotatable bonds is 5. The molecule has 0 radical (unpaired) electrons. The van der Waals surface area contributed by atoms with Crippen molar-refractivity contribution in [2.75, 3.05) is 20.7 Å². The number of hydrogen-bond donors (Lipinski definition) is 0. The van der Waals surface area contributed by atoms with Gasteiger partial charge in [0.05, 0.1) is 25.0 Å². The average molecular weight is 310 g/mol. The van der Waals surface area contributed by atoms with Crippen LogP contribution >= 0.6 is 0 Å². The van der Waals surface area contributed by atoms with Crippen LogP contribution in [-0.4, -0.2) is 31.5 Å². The Hall–Kier alpha value is -2.54. The number of likely N-dealkylation sites (N-methyl/N-ethyl adjacent to an activating group) is 1. The third-order valence-corrected chi connectivity index (χ3v) is 4.09. The molecule has 2 rings (SSSR count). The van der Waals surface area contributed by atoms with Gasteiger partial charge in [-0.2, -0.15) is 5.26 Å². The van der Waals surface area contributed by atoms with E-state index in [-0.39, 0.29) is 17.7 Å². The summed E-state index contributed by atoms with van der Waals surface area (Å²) in [6, 6.07) is 14.1. The van der Waals surface area contributed by atoms with Gasteiger partial charge in [-0.25, -0.2) is 0 Å². The van der Waals surface area contributed by atoms with Gasteiger partial charge in [0.15, 0.2) is 0 Å². The number of fused-ring (bicyclic) bond motifs is 1. The Balaban J connectivity index is 2.22. The molecule has 4 heteroatoms. The summed E-state index contributed by atoms with van der Waals surface area (Å²) < 4.78 is 5.23. The van der Waals surface area contributed by atoms with E-state index in [0.717, 1.165) is 22.1 Å². The third-order valence-electron chi connectivity index (χ3n) is 4.09. The number of ether oxygens (including phenoxy) is 1. The van der Waals surface area contributed by atoms with Gasteiger partial charge in [0.25, 0.3) is 0 Å². The molecule has 0 unspecified atom stereocenters. The van der Waals surface area contributed by atoms with Crippen molar-refractivity contribution in [3.63, 3.8) is 0 Å². The number of carbonyl (C=O) groups excluding carboxylic acids is 1. The predicted molar refractivity (Wildman–Crippen MR) is 91.3 cm³/mol. The third kappa shape index (κ3) is 3.81. The molecule has 0 fully saturated rings. The second-order valence-corrected chi connectivity index (χ2v) is 5.94. The normalized spacial score (nSPS) is 13.2. The molecule has 0 aliphatic rings. The van der Waals surface area contributed by atoms with Crippen LogP contribution in [0.5, 0.6) is 5.75 Å². The van der Waals surface area contributed by atoms with Crippen LogP contribution in [0.25, 0.3) is 10.8 Å². The van der Waals surface area contributed by atoms with Crippen LogP contribution in [0.2, 0.25) is 0 Å². The van der Waals surface area contributed by atoms with Crippen LogP contribution in [-0.2, 0) is 4.79 Å². The van der Waals surface area contributed by atoms with Crippen molar-refractivity contribution < 1.29 is 9.53 Å². The lowest BCUT2D eigenvalue weighted by Crippen LogP contribution is -2.33. The van der Waals surface area contributed by atoms with Crippen LogP contribution in [0.15, 0.2) is 36.4 Å². The number of amides is 1. The van der Waals surface area contributed by atoms with Gasteiger partial charge in [-0.15, -0.1) is 0 Å². The van der Waals surface area contributed by atoms with E-state index >= 15 is 0 Å². The maximum Gasteiger partial charge on any atom is 0.229 e. The minimum atomic E-state index is -0.239. The van der Waals surface area contributed by atoms with Crippen LogP contribution in [0.1, 0.15) is 25.3 Å². The Morgan fingerprint density at radius 1 is 1.22 bits per heavy atom. The van der Waals surface area contributed by atoms with E-state index < -0.39 is 0 Å². The van der Waals surface area contributed by atoms with Gasteiger partial charge in [0.2, 0.25) is 5.91 Å². The van der Waals surface area contributed by atoms with Gasteiger partial charge in [-0.05, 0) is 42.3 Å². The topological polar surface area (TPSA) is 53.3 Å². The van der Waals surface area contributed by atoms with Crippen LogP contribution in [0.3, 0.4) is 0 Å². The van der Waals surface area contributed by atoms with Crippen molar-refractivity contribution in [3.05, 3.63) is 42.0 Å². The first-order chi connectivity index (χ1) is 11.0. The molecule has 0 bridgehead atoms. The van der Waals surface area contributed by atoms with E-state index in [1.807, 2.05) is 50.2 Å². The molecular weight excluding hydrogens is 288 g/mol. The second kappa shape index (κ2) is 7.15. The Labute approximate surface area is 137 Å². The molecule has 0 aromatic heterocycles. The minimum absolute atomic E-state index is 0.0277. The summed E-state index contributed by atoms with van der Waals surface area (Å²) in [4.78, 5) is 14.2. The molecule has 4 nitrogen and oxygen atoms in total. The summed E-state index contributed by atoms with van der Waals surface area (Å²) in [7, 11) is 3.40. The highest BCUT2D eigenvalue weighted by atomic mass is 16.5. The zero-order valence-electron chi connectivity index (χ0n) is 14.0. The molecule has 0 N–H and O–H groups in total. The monoisotopic (exact) mass is 310 g/mol. The first-order valence-corrected chi connectivity index (χ1v) is 7.68. The summed E-state index contributed by atoms with van der Waals surface area (Å²) in [5.41, 5.74) is 0.976. The minimum Gasteiger partial charge on any atom is -0.497 e. The van der Waals surface area contributed by atoms with Crippen molar-refractivity contribution in [2.24, 2.45) is 5.92 Å². The molecular formula is C19H22N2O2. The van der Waals surface area contributed by atoms with E-state index in [4.69, 9.17) is 10.00 Å². The van der Waals surface area contributed by atoms with E-state index in [0.29, 0.717) is 6.54 Å². The van der Waals surface area contributed by atoms with Crippen molar-refractivity contribution >= 4 is 16.7 Å². The van der Waals surface area contributed by atoms with E-state index in [9.17, 15) is 4.79 Å². The highest BCUT2D eigenvalue weighted by Crippen LogP contribution is 2.26. The molecule has 0 aliphatic heterocycles. The van der Waals surface area contributed by atoms with Crippen LogP contribution in [0, 0.1) is 17.2 Å². The molecule has 23 heavy (non-hydrogen) atoms. The Bertz CT molecular complexity index is 749. The van der Waals surface area contributed by atoms with Crippen molar-refractivity contribution in [1.82, 2.24) is 4.90 Å². The Kier molecular flexibility index (Phi) is 5.23. The molecule has 0 saturated heterocycles. The molecule has 120 valence electrons. The van der Waals surface area contributed by atoms with Gasteiger partial charge >= 0.3 is 0 Å². The smallest absolute Gasteiger partial charge is 0.229 e. The van der Waals surface area contributed by atoms with E-state index in [2.05, 4.69) is 6.07 Å². The summed E-state index contributed by atoms with van der Waals surface area (Å²) in [5, 5.41) is 11.0. The number of methoxy groups -OCH3 is 1. The molecule has 2 atom stereocenters. The lowest BCUT2D eigenvalue weighted by molar-refractivity contribution is -0.131. The molecule has 0 saturated carbocycles. The number of carbonyl (C=O) groups is 1. The highest BCUT2D eigenvalue weighted by Gasteiger charge is 2.20. The Morgan fingerprint density at radius 3 is 2.52 bits per heavy atom. The molecule has 0 aliphatic carbocycles. The molecule has 1 amide bonds. The number of nitriles is 1. The number of nitrogens with zero attached hydrogens (tertiary/aromatic N) is 2. The maximum atomic E-state index is 12.5. The van der Waals surface area contributed by atoms with Crippen LogP contribution < -0.4 is 4.74 Å². The largest absolute Gasteiger partial charge is 0.497 e. The van der Waals surface area contributed by atoms with Gasteiger partial charge < -0.3 is 9.64 Å². The highest BCUT2D eigenvalue weighted by molar-refractivity contribution is 5.88.